The first-order chi connectivity index (χ1) is 4.92. The molecule has 2 aliphatic rings. The van der Waals surface area contributed by atoms with Crippen molar-refractivity contribution in [2.45, 2.75) is 31.8 Å². The normalized spacial score (nSPS) is 24.9. The minimum absolute atomic E-state index is 0.289. The number of rotatable bonds is 4. The molecule has 0 aromatic rings. The molecule has 0 aliphatic heterocycles. The van der Waals surface area contributed by atoms with Gasteiger partial charge >= 0.3 is 0 Å². The first-order valence-corrected chi connectivity index (χ1v) is 4.01. The van der Waals surface area contributed by atoms with Crippen molar-refractivity contribution in [3.05, 3.63) is 0 Å². The van der Waals surface area contributed by atoms with Crippen molar-refractivity contribution in [2.75, 3.05) is 0 Å². The Labute approximate surface area is 60.6 Å². The van der Waals surface area contributed by atoms with Crippen LogP contribution in [0.25, 0.3) is 0 Å². The molecule has 0 radical (unpaired) electrons. The van der Waals surface area contributed by atoms with Gasteiger partial charge in [-0.15, -0.1) is 0 Å². The van der Waals surface area contributed by atoms with Crippen LogP contribution in [0.5, 0.6) is 0 Å². The second-order valence-electron chi connectivity index (χ2n) is 3.37. The van der Waals surface area contributed by atoms with Gasteiger partial charge in [0.2, 0.25) is 0 Å². The van der Waals surface area contributed by atoms with E-state index in [1.54, 1.807) is 0 Å². The zero-order valence-corrected chi connectivity index (χ0v) is 5.95. The quantitative estimate of drug-likeness (QED) is 0.551. The highest BCUT2D eigenvalue weighted by Crippen LogP contribution is 2.45. The van der Waals surface area contributed by atoms with Gasteiger partial charge in [0.05, 0.1) is 0 Å². The molecule has 10 heavy (non-hydrogen) atoms. The summed E-state index contributed by atoms with van der Waals surface area (Å²) in [5.41, 5.74) is 0. The van der Waals surface area contributed by atoms with E-state index in [2.05, 4.69) is 0 Å². The van der Waals surface area contributed by atoms with Crippen LogP contribution in [-0.4, -0.2) is 12.6 Å². The molecule has 0 aromatic heterocycles. The number of carbonyl (C=O) groups excluding carboxylic acids is 1. The molecule has 56 valence electrons. The van der Waals surface area contributed by atoms with Crippen molar-refractivity contribution < 1.29 is 9.53 Å². The Morgan fingerprint density at radius 1 is 1.20 bits per heavy atom. The second-order valence-corrected chi connectivity index (χ2v) is 3.37. The topological polar surface area (TPSA) is 26.3 Å². The fourth-order valence-corrected chi connectivity index (χ4v) is 1.52. The third-order valence-electron chi connectivity index (χ3n) is 2.39. The van der Waals surface area contributed by atoms with Gasteiger partial charge in [-0.05, 0) is 37.5 Å². The Bertz CT molecular complexity index is 124. The summed E-state index contributed by atoms with van der Waals surface area (Å²) in [6.07, 6.45) is 5.38. The summed E-state index contributed by atoms with van der Waals surface area (Å²) in [5, 5.41) is 0. The molecule has 2 nitrogen and oxygen atoms in total. The fraction of sp³-hybridized carbons (Fsp3) is 0.875. The maximum Gasteiger partial charge on any atom is 0.293 e. The first kappa shape index (κ1) is 6.20. The van der Waals surface area contributed by atoms with Crippen molar-refractivity contribution in [3.63, 3.8) is 0 Å². The van der Waals surface area contributed by atoms with E-state index in [4.69, 9.17) is 4.74 Å². The summed E-state index contributed by atoms with van der Waals surface area (Å²) in [4.78, 5) is 10.1. The van der Waals surface area contributed by atoms with E-state index in [1.165, 1.54) is 25.7 Å². The Morgan fingerprint density at radius 3 is 2.00 bits per heavy atom. The number of carbonyl (C=O) groups is 1. The molecule has 2 fully saturated rings. The lowest BCUT2D eigenvalue weighted by molar-refractivity contribution is -0.135. The molecule has 2 rings (SSSR count). The van der Waals surface area contributed by atoms with Crippen LogP contribution in [0.1, 0.15) is 25.7 Å². The standard InChI is InChI=1S/C8H12O2/c9-5-10-8(6-1-2-6)7-3-4-7/h5-8H,1-4H2. The van der Waals surface area contributed by atoms with Crippen LogP contribution in [0.2, 0.25) is 0 Å². The van der Waals surface area contributed by atoms with E-state index in [0.29, 0.717) is 6.47 Å². The second kappa shape index (κ2) is 2.26. The fourth-order valence-electron chi connectivity index (χ4n) is 1.52. The highest BCUT2D eigenvalue weighted by atomic mass is 16.5. The maximum atomic E-state index is 10.1. The molecule has 0 unspecified atom stereocenters. The number of hydrogen-bond acceptors (Lipinski definition) is 2. The Hall–Kier alpha value is -0.530. The summed E-state index contributed by atoms with van der Waals surface area (Å²) in [5.74, 6) is 1.44. The minimum Gasteiger partial charge on any atom is -0.464 e. The molecule has 0 heterocycles. The van der Waals surface area contributed by atoms with Gasteiger partial charge in [-0.25, -0.2) is 0 Å². The van der Waals surface area contributed by atoms with Crippen molar-refractivity contribution in [1.29, 1.82) is 0 Å². The Morgan fingerprint density at radius 2 is 1.70 bits per heavy atom. The van der Waals surface area contributed by atoms with E-state index in [0.717, 1.165) is 11.8 Å². The lowest BCUT2D eigenvalue weighted by Crippen LogP contribution is -2.16. The predicted octanol–water partition coefficient (Wildman–Crippen LogP) is 1.35. The average molecular weight is 140 g/mol. The van der Waals surface area contributed by atoms with Crippen molar-refractivity contribution >= 4 is 6.47 Å². The zero-order chi connectivity index (χ0) is 6.97. The molecule has 0 atom stereocenters. The van der Waals surface area contributed by atoms with Crippen LogP contribution in [-0.2, 0) is 9.53 Å². The van der Waals surface area contributed by atoms with Crippen LogP contribution >= 0.6 is 0 Å². The van der Waals surface area contributed by atoms with Gasteiger partial charge in [-0.3, -0.25) is 4.79 Å². The lowest BCUT2D eigenvalue weighted by Gasteiger charge is -2.11. The molecule has 0 aromatic carbocycles. The molecule has 0 amide bonds. The first-order valence-electron chi connectivity index (χ1n) is 4.01. The highest BCUT2D eigenvalue weighted by Gasteiger charge is 2.42. The van der Waals surface area contributed by atoms with Gasteiger partial charge in [-0.1, -0.05) is 0 Å². The molecule has 0 bridgehead atoms. The molecular formula is C8H12O2. The van der Waals surface area contributed by atoms with Crippen molar-refractivity contribution in [1.82, 2.24) is 0 Å². The van der Waals surface area contributed by atoms with Gasteiger partial charge in [0.25, 0.3) is 6.47 Å². The van der Waals surface area contributed by atoms with Crippen LogP contribution in [0, 0.1) is 11.8 Å². The van der Waals surface area contributed by atoms with Crippen LogP contribution in [0.3, 0.4) is 0 Å². The monoisotopic (exact) mass is 140 g/mol. The van der Waals surface area contributed by atoms with Gasteiger partial charge in [0, 0.05) is 0 Å². The summed E-state index contributed by atoms with van der Waals surface area (Å²) in [6, 6.07) is 0. The largest absolute Gasteiger partial charge is 0.464 e. The van der Waals surface area contributed by atoms with E-state index in [-0.39, 0.29) is 6.10 Å². The summed E-state index contributed by atoms with van der Waals surface area (Å²) < 4.78 is 5.01. The molecule has 2 saturated carbocycles. The molecule has 2 aliphatic carbocycles. The highest BCUT2D eigenvalue weighted by molar-refractivity contribution is 5.38. The van der Waals surface area contributed by atoms with Crippen LogP contribution in [0.4, 0.5) is 0 Å². The van der Waals surface area contributed by atoms with Gasteiger partial charge in [0.15, 0.2) is 0 Å². The zero-order valence-electron chi connectivity index (χ0n) is 5.95. The van der Waals surface area contributed by atoms with Crippen molar-refractivity contribution in [2.24, 2.45) is 11.8 Å². The maximum absolute atomic E-state index is 10.1. The van der Waals surface area contributed by atoms with Gasteiger partial charge in [0.1, 0.15) is 6.10 Å². The van der Waals surface area contributed by atoms with E-state index in [9.17, 15) is 4.79 Å². The number of hydrogen-bond donors (Lipinski definition) is 0. The van der Waals surface area contributed by atoms with Crippen LogP contribution in [0.15, 0.2) is 0 Å². The summed E-state index contributed by atoms with van der Waals surface area (Å²) in [7, 11) is 0. The summed E-state index contributed by atoms with van der Waals surface area (Å²) in [6.45, 7) is 0.612. The summed E-state index contributed by atoms with van der Waals surface area (Å²) >= 11 is 0. The third-order valence-corrected chi connectivity index (χ3v) is 2.39. The molecule has 0 N–H and O–H groups in total. The molecule has 0 spiro atoms. The molecular weight excluding hydrogens is 128 g/mol. The smallest absolute Gasteiger partial charge is 0.293 e. The van der Waals surface area contributed by atoms with E-state index in [1.807, 2.05) is 0 Å². The Balaban J connectivity index is 1.85. The molecule has 0 saturated heterocycles. The average Bonchev–Trinajstić information content (AvgIpc) is 2.77. The lowest BCUT2D eigenvalue weighted by atomic mass is 10.1. The van der Waals surface area contributed by atoms with E-state index < -0.39 is 0 Å². The SMILES string of the molecule is O=COC(C1CC1)C1CC1. The van der Waals surface area contributed by atoms with E-state index >= 15 is 0 Å². The van der Waals surface area contributed by atoms with Gasteiger partial charge < -0.3 is 4.74 Å². The Kier molecular flexibility index (Phi) is 1.40. The van der Waals surface area contributed by atoms with Crippen LogP contribution < -0.4 is 0 Å². The molecule has 2 heteroatoms. The van der Waals surface area contributed by atoms with Gasteiger partial charge in [-0.2, -0.15) is 0 Å². The minimum atomic E-state index is 0.289. The number of ether oxygens (including phenoxy) is 1. The predicted molar refractivity (Wildman–Crippen MR) is 36.4 cm³/mol. The third kappa shape index (κ3) is 1.15. The van der Waals surface area contributed by atoms with Crippen molar-refractivity contribution in [3.8, 4) is 0 Å².